The average Bonchev–Trinajstić information content (AvgIpc) is 3.14. The summed E-state index contributed by atoms with van der Waals surface area (Å²) in [6.07, 6.45) is 2.57. The lowest BCUT2D eigenvalue weighted by molar-refractivity contribution is -0.384. The van der Waals surface area contributed by atoms with Crippen molar-refractivity contribution in [2.75, 3.05) is 11.5 Å². The topological polar surface area (TPSA) is 170 Å². The molecule has 0 aliphatic carbocycles. The summed E-state index contributed by atoms with van der Waals surface area (Å²) >= 11 is 0. The summed E-state index contributed by atoms with van der Waals surface area (Å²) in [5.74, 6) is -2.25. The van der Waals surface area contributed by atoms with Crippen LogP contribution in [0.25, 0.3) is 0 Å². The molecule has 2 aliphatic rings. The van der Waals surface area contributed by atoms with Crippen molar-refractivity contribution in [1.82, 2.24) is 10.6 Å². The van der Waals surface area contributed by atoms with Gasteiger partial charge >= 0.3 is 0 Å². The molecule has 0 saturated heterocycles. The maximum Gasteiger partial charge on any atom is 0.271 e. The zero-order valence-electron chi connectivity index (χ0n) is 14.6. The first-order chi connectivity index (χ1) is 13.4. The average molecular weight is 441 g/mol. The minimum Gasteiger partial charge on any atom is -0.345 e. The van der Waals surface area contributed by atoms with Crippen LogP contribution < -0.4 is 10.6 Å². The smallest absolute Gasteiger partial charge is 0.271 e. The molecule has 0 unspecified atom stereocenters. The number of carbonyl (C=O) groups excluding carboxylic acids is 2. The van der Waals surface area contributed by atoms with Crippen molar-refractivity contribution in [3.8, 4) is 0 Å². The molecule has 0 saturated carbocycles. The van der Waals surface area contributed by atoms with E-state index in [9.17, 15) is 36.5 Å². The van der Waals surface area contributed by atoms with Gasteiger partial charge in [-0.1, -0.05) is 0 Å². The fourth-order valence-electron chi connectivity index (χ4n) is 2.81. The number of nitrogens with zero attached hydrogens (tertiary/aromatic N) is 1. The molecule has 0 fully saturated rings. The molecule has 13 heteroatoms. The number of nitro groups is 1. The lowest BCUT2D eigenvalue weighted by Crippen LogP contribution is -2.37. The number of amides is 2. The monoisotopic (exact) mass is 441 g/mol. The Labute approximate surface area is 165 Å². The predicted molar refractivity (Wildman–Crippen MR) is 101 cm³/mol. The van der Waals surface area contributed by atoms with Crippen molar-refractivity contribution in [3.63, 3.8) is 0 Å². The van der Waals surface area contributed by atoms with Gasteiger partial charge in [-0.15, -0.1) is 0 Å². The minimum absolute atomic E-state index is 0.211. The van der Waals surface area contributed by atoms with Crippen molar-refractivity contribution in [2.45, 2.75) is 12.1 Å². The van der Waals surface area contributed by atoms with Crippen molar-refractivity contribution < 1.29 is 31.3 Å². The van der Waals surface area contributed by atoms with Crippen LogP contribution in [0.3, 0.4) is 0 Å². The van der Waals surface area contributed by atoms with E-state index in [2.05, 4.69) is 10.6 Å². The van der Waals surface area contributed by atoms with Gasteiger partial charge in [-0.3, -0.25) is 19.7 Å². The molecule has 11 nitrogen and oxygen atoms in total. The van der Waals surface area contributed by atoms with Crippen LogP contribution in [0.15, 0.2) is 41.2 Å². The van der Waals surface area contributed by atoms with Crippen molar-refractivity contribution in [2.24, 2.45) is 0 Å². The van der Waals surface area contributed by atoms with Crippen LogP contribution in [0.1, 0.15) is 20.7 Å². The van der Waals surface area contributed by atoms with Gasteiger partial charge in [0.15, 0.2) is 19.7 Å². The molecule has 0 radical (unpaired) electrons. The third kappa shape index (κ3) is 5.06. The molecule has 154 valence electrons. The summed E-state index contributed by atoms with van der Waals surface area (Å²) in [7, 11) is -6.83. The van der Waals surface area contributed by atoms with Crippen LogP contribution in [0, 0.1) is 10.1 Å². The van der Waals surface area contributed by atoms with E-state index in [1.54, 1.807) is 0 Å². The Morgan fingerprint density at radius 2 is 1.28 bits per heavy atom. The number of hydrogen-bond acceptors (Lipinski definition) is 8. The Balaban J connectivity index is 1.81. The van der Waals surface area contributed by atoms with Crippen LogP contribution in [0.5, 0.6) is 0 Å². The van der Waals surface area contributed by atoms with Gasteiger partial charge in [0, 0.05) is 34.1 Å². The van der Waals surface area contributed by atoms with Crippen LogP contribution >= 0.6 is 0 Å². The summed E-state index contributed by atoms with van der Waals surface area (Å²) in [6, 6.07) is 1.44. The molecular weight excluding hydrogens is 426 g/mol. The zero-order valence-corrected chi connectivity index (χ0v) is 16.3. The van der Waals surface area contributed by atoms with Gasteiger partial charge < -0.3 is 10.6 Å². The van der Waals surface area contributed by atoms with Crippen molar-refractivity contribution >= 4 is 37.2 Å². The first kappa shape index (κ1) is 20.7. The second-order valence-corrected chi connectivity index (χ2v) is 10.4. The number of carbonyl (C=O) groups is 2. The van der Waals surface area contributed by atoms with E-state index in [1.807, 2.05) is 0 Å². The molecule has 2 amide bonds. The Hall–Kier alpha value is -3.06. The van der Waals surface area contributed by atoms with Gasteiger partial charge in [-0.05, 0) is 18.2 Å². The number of rotatable bonds is 5. The second kappa shape index (κ2) is 7.40. The summed E-state index contributed by atoms with van der Waals surface area (Å²) in [6.45, 7) is 0. The number of sulfone groups is 2. The van der Waals surface area contributed by atoms with Crippen LogP contribution in [-0.4, -0.2) is 57.2 Å². The highest BCUT2D eigenvalue weighted by Gasteiger charge is 2.27. The molecule has 2 heterocycles. The van der Waals surface area contributed by atoms with Gasteiger partial charge in [0.25, 0.3) is 17.5 Å². The highest BCUT2D eigenvalue weighted by molar-refractivity contribution is 7.94. The Bertz CT molecular complexity index is 1090. The van der Waals surface area contributed by atoms with E-state index in [0.717, 1.165) is 29.0 Å². The molecule has 2 aliphatic heterocycles. The van der Waals surface area contributed by atoms with E-state index in [1.165, 1.54) is 12.2 Å². The van der Waals surface area contributed by atoms with Gasteiger partial charge in [-0.25, -0.2) is 16.8 Å². The largest absolute Gasteiger partial charge is 0.345 e. The molecule has 3 rings (SSSR count). The van der Waals surface area contributed by atoms with E-state index < -0.39 is 54.2 Å². The quantitative estimate of drug-likeness (QED) is 0.462. The zero-order chi connectivity index (χ0) is 21.4. The Morgan fingerprint density at radius 1 is 0.862 bits per heavy atom. The van der Waals surface area contributed by atoms with Crippen LogP contribution in [-0.2, 0) is 19.7 Å². The van der Waals surface area contributed by atoms with E-state index in [0.29, 0.717) is 0 Å². The van der Waals surface area contributed by atoms with Crippen LogP contribution in [0.2, 0.25) is 0 Å². The number of benzene rings is 1. The summed E-state index contributed by atoms with van der Waals surface area (Å²) in [5, 5.41) is 17.9. The Morgan fingerprint density at radius 3 is 1.59 bits per heavy atom. The fraction of sp³-hybridized carbons (Fsp3) is 0.250. The van der Waals surface area contributed by atoms with E-state index in [-0.39, 0.29) is 22.6 Å². The fourth-order valence-corrected chi connectivity index (χ4v) is 5.28. The normalized spacial score (nSPS) is 23.6. The maximum atomic E-state index is 12.4. The molecule has 2 atom stereocenters. The van der Waals surface area contributed by atoms with Gasteiger partial charge in [0.2, 0.25) is 0 Å². The lowest BCUT2D eigenvalue weighted by atomic mass is 10.1. The highest BCUT2D eigenvalue weighted by atomic mass is 32.2. The standard InChI is InChI=1S/C16H15N3O8S2/c20-15(17-12-1-3-28(24,25)8-12)10-5-11(7-14(6-10)19(22)23)16(21)18-13-2-4-29(26,27)9-13/h1-7,12-13H,8-9H2,(H,17,20)(H,18,21)/t12-,13+. The minimum atomic E-state index is -3.41. The Kier molecular flexibility index (Phi) is 5.28. The first-order valence-electron chi connectivity index (χ1n) is 8.17. The third-order valence-corrected chi connectivity index (χ3v) is 6.94. The molecule has 1 aromatic carbocycles. The highest BCUT2D eigenvalue weighted by Crippen LogP contribution is 2.19. The van der Waals surface area contributed by atoms with E-state index >= 15 is 0 Å². The molecule has 1 aromatic rings. The number of non-ortho nitro benzene ring substituents is 1. The first-order valence-corrected chi connectivity index (χ1v) is 11.6. The number of hydrogen-bond donors (Lipinski definition) is 2. The summed E-state index contributed by atoms with van der Waals surface area (Å²) < 4.78 is 45.7. The maximum absolute atomic E-state index is 12.4. The predicted octanol–water partition coefficient (Wildman–Crippen LogP) is -0.324. The number of nitrogens with one attached hydrogen (secondary N) is 2. The second-order valence-electron chi connectivity index (χ2n) is 6.50. The lowest BCUT2D eigenvalue weighted by Gasteiger charge is -2.12. The molecule has 29 heavy (non-hydrogen) atoms. The molecular formula is C16H15N3O8S2. The summed E-state index contributed by atoms with van der Waals surface area (Å²) in [4.78, 5) is 35.2. The third-order valence-electron chi connectivity index (χ3n) is 4.15. The summed E-state index contributed by atoms with van der Waals surface area (Å²) in [5.41, 5.74) is -0.944. The van der Waals surface area contributed by atoms with E-state index in [4.69, 9.17) is 0 Å². The van der Waals surface area contributed by atoms with Gasteiger partial charge in [0.1, 0.15) is 0 Å². The molecule has 2 N–H and O–H groups in total. The van der Waals surface area contributed by atoms with Crippen molar-refractivity contribution in [1.29, 1.82) is 0 Å². The number of nitro benzene ring substituents is 1. The molecule has 0 aromatic heterocycles. The van der Waals surface area contributed by atoms with Gasteiger partial charge in [-0.2, -0.15) is 0 Å². The van der Waals surface area contributed by atoms with Crippen molar-refractivity contribution in [3.05, 3.63) is 62.4 Å². The molecule has 0 bridgehead atoms. The van der Waals surface area contributed by atoms with Crippen LogP contribution in [0.4, 0.5) is 5.69 Å². The van der Waals surface area contributed by atoms with Gasteiger partial charge in [0.05, 0.1) is 28.5 Å². The molecule has 0 spiro atoms. The SMILES string of the molecule is O=C(N[C@@H]1C=CS(=O)(=O)C1)c1cc(C(=O)N[C@H]2C=CS(=O)(=O)C2)cc([N+](=O)[O-])c1.